The van der Waals surface area contributed by atoms with Crippen LogP contribution < -0.4 is 10.6 Å². The molecule has 2 heterocycles. The molecule has 5 nitrogen and oxygen atoms in total. The molecule has 4 rings (SSSR count). The van der Waals surface area contributed by atoms with Crippen molar-refractivity contribution in [3.05, 3.63) is 42.1 Å². The molecule has 0 saturated heterocycles. The quantitative estimate of drug-likeness (QED) is 0.884. The van der Waals surface area contributed by atoms with E-state index < -0.39 is 0 Å². The molecular formula is C17H20N4O. The molecule has 1 aromatic carbocycles. The molecule has 1 saturated carbocycles. The first-order chi connectivity index (χ1) is 10.9. The van der Waals surface area contributed by atoms with Gasteiger partial charge in [0.05, 0.1) is 18.3 Å². The van der Waals surface area contributed by atoms with Gasteiger partial charge in [-0.15, -0.1) is 0 Å². The monoisotopic (exact) mass is 296 g/mol. The Morgan fingerprint density at radius 3 is 2.77 bits per heavy atom. The van der Waals surface area contributed by atoms with Gasteiger partial charge in [0.25, 0.3) is 0 Å². The smallest absolute Gasteiger partial charge is 0.249 e. The second kappa shape index (κ2) is 5.48. The highest BCUT2D eigenvalue weighted by Crippen LogP contribution is 2.39. The van der Waals surface area contributed by atoms with Crippen LogP contribution in [0.25, 0.3) is 0 Å². The third-order valence-electron chi connectivity index (χ3n) is 4.60. The van der Waals surface area contributed by atoms with Gasteiger partial charge in [0.2, 0.25) is 5.88 Å². The number of aromatic nitrogens is 1. The summed E-state index contributed by atoms with van der Waals surface area (Å²) in [6, 6.07) is 10.4. The van der Waals surface area contributed by atoms with Gasteiger partial charge in [-0.05, 0) is 18.4 Å². The highest BCUT2D eigenvalue weighted by Gasteiger charge is 2.42. The Morgan fingerprint density at radius 2 is 1.95 bits per heavy atom. The zero-order valence-corrected chi connectivity index (χ0v) is 12.5. The van der Waals surface area contributed by atoms with E-state index in [1.807, 2.05) is 6.07 Å². The van der Waals surface area contributed by atoms with Crippen LogP contribution in [-0.4, -0.2) is 16.5 Å². The van der Waals surface area contributed by atoms with Crippen molar-refractivity contribution in [3.63, 3.8) is 0 Å². The van der Waals surface area contributed by atoms with Crippen molar-refractivity contribution >= 4 is 17.4 Å². The van der Waals surface area contributed by atoms with Crippen molar-refractivity contribution in [2.24, 2.45) is 4.99 Å². The van der Waals surface area contributed by atoms with Crippen molar-refractivity contribution in [2.45, 2.75) is 44.2 Å². The minimum atomic E-state index is -0.125. The Morgan fingerprint density at radius 1 is 1.14 bits per heavy atom. The van der Waals surface area contributed by atoms with E-state index >= 15 is 0 Å². The summed E-state index contributed by atoms with van der Waals surface area (Å²) >= 11 is 0. The maximum absolute atomic E-state index is 5.32. The largest absolute Gasteiger partial charge is 0.340 e. The molecule has 0 radical (unpaired) electrons. The number of benzene rings is 1. The van der Waals surface area contributed by atoms with E-state index in [9.17, 15) is 0 Å². The zero-order chi connectivity index (χ0) is 14.8. The van der Waals surface area contributed by atoms with Crippen molar-refractivity contribution in [1.29, 1.82) is 0 Å². The van der Waals surface area contributed by atoms with Crippen LogP contribution in [0.3, 0.4) is 0 Å². The molecule has 22 heavy (non-hydrogen) atoms. The number of amidine groups is 1. The van der Waals surface area contributed by atoms with E-state index in [1.165, 1.54) is 24.8 Å². The SMILES string of the molecule is c1ccc(CN=C2Nc3cnoc3NC23CCCCC3)cc1. The second-order valence-corrected chi connectivity index (χ2v) is 6.11. The summed E-state index contributed by atoms with van der Waals surface area (Å²) in [6.45, 7) is 0.688. The maximum atomic E-state index is 5.32. The van der Waals surface area contributed by atoms with Gasteiger partial charge in [-0.25, -0.2) is 0 Å². The van der Waals surface area contributed by atoms with E-state index in [4.69, 9.17) is 9.52 Å². The topological polar surface area (TPSA) is 62.5 Å². The molecule has 114 valence electrons. The lowest BCUT2D eigenvalue weighted by Gasteiger charge is -2.41. The molecule has 2 N–H and O–H groups in total. The van der Waals surface area contributed by atoms with E-state index in [0.29, 0.717) is 6.54 Å². The van der Waals surface area contributed by atoms with Gasteiger partial charge in [-0.2, -0.15) is 0 Å². The summed E-state index contributed by atoms with van der Waals surface area (Å²) in [6.07, 6.45) is 7.57. The lowest BCUT2D eigenvalue weighted by atomic mass is 9.79. The second-order valence-electron chi connectivity index (χ2n) is 6.11. The number of hydrogen-bond donors (Lipinski definition) is 2. The standard InChI is InChI=1S/C17H20N4O/c1-3-7-13(8-4-1)11-18-16-17(9-5-2-6-10-17)21-15-14(20-16)12-19-22-15/h1,3-4,7-8,12,21H,2,5-6,9-11H2,(H,18,20). The first kappa shape index (κ1) is 13.4. The number of nitrogens with zero attached hydrogens (tertiary/aromatic N) is 2. The summed E-state index contributed by atoms with van der Waals surface area (Å²) in [7, 11) is 0. The fourth-order valence-electron chi connectivity index (χ4n) is 3.40. The Labute approximate surface area is 129 Å². The fraction of sp³-hybridized carbons (Fsp3) is 0.412. The van der Waals surface area contributed by atoms with Crippen LogP contribution in [0.5, 0.6) is 0 Å². The Bertz CT molecular complexity index is 671. The molecule has 0 atom stereocenters. The van der Waals surface area contributed by atoms with Gasteiger partial charge < -0.3 is 15.2 Å². The van der Waals surface area contributed by atoms with Crippen LogP contribution in [0.2, 0.25) is 0 Å². The van der Waals surface area contributed by atoms with Crippen LogP contribution in [0.15, 0.2) is 46.0 Å². The first-order valence-electron chi connectivity index (χ1n) is 7.94. The molecule has 1 spiro atoms. The highest BCUT2D eigenvalue weighted by molar-refractivity contribution is 6.08. The van der Waals surface area contributed by atoms with E-state index in [1.54, 1.807) is 6.20 Å². The Hall–Kier alpha value is -2.30. The molecular weight excluding hydrogens is 276 g/mol. The fourth-order valence-corrected chi connectivity index (χ4v) is 3.40. The van der Waals surface area contributed by atoms with Gasteiger partial charge in [0.15, 0.2) is 0 Å². The Kier molecular flexibility index (Phi) is 3.33. The number of aliphatic imine (C=N–C) groups is 1. The molecule has 0 unspecified atom stereocenters. The average Bonchev–Trinajstić information content (AvgIpc) is 3.01. The number of rotatable bonds is 2. The molecule has 1 aliphatic heterocycles. The van der Waals surface area contributed by atoms with Crippen LogP contribution in [0.4, 0.5) is 11.6 Å². The average molecular weight is 296 g/mol. The van der Waals surface area contributed by atoms with E-state index in [2.05, 4.69) is 40.1 Å². The molecule has 1 aromatic heterocycles. The van der Waals surface area contributed by atoms with E-state index in [0.717, 1.165) is 30.2 Å². The molecule has 1 fully saturated rings. The zero-order valence-electron chi connectivity index (χ0n) is 12.5. The van der Waals surface area contributed by atoms with E-state index in [-0.39, 0.29) is 5.54 Å². The van der Waals surface area contributed by atoms with Crippen LogP contribution >= 0.6 is 0 Å². The summed E-state index contributed by atoms with van der Waals surface area (Å²) in [5.41, 5.74) is 1.97. The van der Waals surface area contributed by atoms with Crippen molar-refractivity contribution in [1.82, 2.24) is 5.16 Å². The highest BCUT2D eigenvalue weighted by atomic mass is 16.5. The summed E-state index contributed by atoms with van der Waals surface area (Å²) in [5, 5.41) is 10.9. The van der Waals surface area contributed by atoms with Gasteiger partial charge in [-0.3, -0.25) is 4.99 Å². The van der Waals surface area contributed by atoms with Crippen LogP contribution in [0, 0.1) is 0 Å². The summed E-state index contributed by atoms with van der Waals surface area (Å²) < 4.78 is 5.32. The van der Waals surface area contributed by atoms with Gasteiger partial charge in [0.1, 0.15) is 11.5 Å². The normalized spacial score (nSPS) is 21.2. The maximum Gasteiger partial charge on any atom is 0.249 e. The third kappa shape index (κ3) is 2.36. The Balaban J connectivity index is 1.65. The van der Waals surface area contributed by atoms with Crippen molar-refractivity contribution < 1.29 is 4.52 Å². The number of hydrogen-bond acceptors (Lipinski definition) is 4. The predicted octanol–water partition coefficient (Wildman–Crippen LogP) is 3.81. The number of anilines is 2. The minimum Gasteiger partial charge on any atom is -0.340 e. The number of fused-ring (bicyclic) bond motifs is 1. The first-order valence-corrected chi connectivity index (χ1v) is 7.94. The summed E-state index contributed by atoms with van der Waals surface area (Å²) in [4.78, 5) is 4.88. The molecule has 1 aliphatic carbocycles. The lowest BCUT2D eigenvalue weighted by molar-refractivity contribution is 0.374. The van der Waals surface area contributed by atoms with Gasteiger partial charge in [0, 0.05) is 0 Å². The molecule has 0 amide bonds. The van der Waals surface area contributed by atoms with Gasteiger partial charge >= 0.3 is 0 Å². The third-order valence-corrected chi connectivity index (χ3v) is 4.60. The molecule has 0 bridgehead atoms. The summed E-state index contributed by atoms with van der Waals surface area (Å²) in [5.74, 6) is 1.76. The van der Waals surface area contributed by atoms with Crippen molar-refractivity contribution in [3.8, 4) is 0 Å². The predicted molar refractivity (Wildman–Crippen MR) is 87.1 cm³/mol. The lowest BCUT2D eigenvalue weighted by Crippen LogP contribution is -2.53. The van der Waals surface area contributed by atoms with Gasteiger partial charge in [-0.1, -0.05) is 54.8 Å². The van der Waals surface area contributed by atoms with Crippen molar-refractivity contribution in [2.75, 3.05) is 10.6 Å². The number of nitrogens with one attached hydrogen (secondary N) is 2. The van der Waals surface area contributed by atoms with Crippen LogP contribution in [-0.2, 0) is 6.54 Å². The molecule has 5 heteroatoms. The molecule has 2 aromatic rings. The molecule has 2 aliphatic rings. The van der Waals surface area contributed by atoms with Crippen LogP contribution in [0.1, 0.15) is 37.7 Å². The minimum absolute atomic E-state index is 0.125.